The van der Waals surface area contributed by atoms with E-state index in [1.54, 1.807) is 18.2 Å². The van der Waals surface area contributed by atoms with Crippen molar-refractivity contribution in [2.24, 2.45) is 5.73 Å². The summed E-state index contributed by atoms with van der Waals surface area (Å²) in [6, 6.07) is 14.0. The van der Waals surface area contributed by atoms with Gasteiger partial charge >= 0.3 is 0 Å². The van der Waals surface area contributed by atoms with Crippen molar-refractivity contribution in [3.63, 3.8) is 0 Å². The second-order valence-electron chi connectivity index (χ2n) is 9.95. The Bertz CT molecular complexity index is 1280. The van der Waals surface area contributed by atoms with Crippen LogP contribution in [0.1, 0.15) is 41.6 Å². The van der Waals surface area contributed by atoms with Crippen LogP contribution in [0.2, 0.25) is 0 Å². The maximum absolute atomic E-state index is 14.1. The van der Waals surface area contributed by atoms with E-state index in [0.717, 1.165) is 67.7 Å². The van der Waals surface area contributed by atoms with E-state index in [-0.39, 0.29) is 54.1 Å². The number of morpholine rings is 1. The molecular formula is C29H35Cl2FN4O4. The number of pyridine rings is 1. The first-order valence-corrected chi connectivity index (χ1v) is 13.1. The van der Waals surface area contributed by atoms with Gasteiger partial charge in [-0.1, -0.05) is 18.2 Å². The van der Waals surface area contributed by atoms with E-state index < -0.39 is 11.7 Å². The molecule has 2 aliphatic rings. The summed E-state index contributed by atoms with van der Waals surface area (Å²) < 4.78 is 25.6. The van der Waals surface area contributed by atoms with E-state index >= 15 is 0 Å². The Hall–Kier alpha value is -2.95. The number of rotatable bonds is 7. The Morgan fingerprint density at radius 3 is 2.60 bits per heavy atom. The summed E-state index contributed by atoms with van der Waals surface area (Å²) in [5, 5.41) is 13.1. The standard InChI is InChI=1S/C29H33FN4O4.2ClH/c30-21-16-27(28(36)33-23-6-4-22(31)5-7-23)29(32-17-21)38-25-3-1-2-19(15-25)26-9-8-24(35)14-20(26)18-34-10-12-37-13-11-34;;/h1-3,8-9,14-17,22-23,35H,4-7,10-13,18,31H2,(H,33,36);2*1H. The van der Waals surface area contributed by atoms with Crippen LogP contribution in [0.4, 0.5) is 4.39 Å². The molecular weight excluding hydrogens is 558 g/mol. The number of ether oxygens (including phenoxy) is 2. The van der Waals surface area contributed by atoms with Crippen LogP contribution in [0.25, 0.3) is 11.1 Å². The van der Waals surface area contributed by atoms with Gasteiger partial charge in [0.05, 0.1) is 19.4 Å². The van der Waals surface area contributed by atoms with Crippen molar-refractivity contribution in [2.75, 3.05) is 26.3 Å². The largest absolute Gasteiger partial charge is 0.508 e. The molecule has 40 heavy (non-hydrogen) atoms. The summed E-state index contributed by atoms with van der Waals surface area (Å²) in [6.45, 7) is 3.70. The third-order valence-electron chi connectivity index (χ3n) is 7.12. The second-order valence-corrected chi connectivity index (χ2v) is 9.95. The van der Waals surface area contributed by atoms with Crippen LogP contribution < -0.4 is 15.8 Å². The van der Waals surface area contributed by atoms with E-state index in [0.29, 0.717) is 25.5 Å². The molecule has 5 rings (SSSR count). The molecule has 11 heteroatoms. The first-order valence-electron chi connectivity index (χ1n) is 13.1. The fourth-order valence-corrected chi connectivity index (χ4v) is 5.03. The zero-order valence-electron chi connectivity index (χ0n) is 22.1. The molecule has 1 saturated heterocycles. The molecule has 1 amide bonds. The molecule has 1 aliphatic carbocycles. The smallest absolute Gasteiger partial charge is 0.257 e. The maximum Gasteiger partial charge on any atom is 0.257 e. The number of aromatic hydroxyl groups is 1. The molecule has 1 aliphatic heterocycles. The van der Waals surface area contributed by atoms with Gasteiger partial charge in [0.2, 0.25) is 5.88 Å². The molecule has 2 aromatic carbocycles. The monoisotopic (exact) mass is 592 g/mol. The van der Waals surface area contributed by atoms with Gasteiger partial charge in [-0.25, -0.2) is 9.37 Å². The zero-order valence-corrected chi connectivity index (χ0v) is 23.7. The van der Waals surface area contributed by atoms with E-state index in [2.05, 4.69) is 15.2 Å². The van der Waals surface area contributed by atoms with Crippen molar-refractivity contribution in [3.05, 3.63) is 71.7 Å². The second kappa shape index (κ2) is 14.6. The normalized spacial score (nSPS) is 19.1. The van der Waals surface area contributed by atoms with Crippen LogP contribution >= 0.6 is 24.8 Å². The average molecular weight is 594 g/mol. The summed E-state index contributed by atoms with van der Waals surface area (Å²) >= 11 is 0. The van der Waals surface area contributed by atoms with Crippen LogP contribution in [-0.4, -0.2) is 59.3 Å². The highest BCUT2D eigenvalue weighted by Crippen LogP contribution is 2.32. The van der Waals surface area contributed by atoms with Gasteiger partial charge in [0, 0.05) is 31.7 Å². The number of benzene rings is 2. The molecule has 8 nitrogen and oxygen atoms in total. The summed E-state index contributed by atoms with van der Waals surface area (Å²) in [7, 11) is 0. The minimum Gasteiger partial charge on any atom is -0.508 e. The molecule has 2 heterocycles. The molecule has 0 atom stereocenters. The highest BCUT2D eigenvalue weighted by Gasteiger charge is 2.23. The van der Waals surface area contributed by atoms with Crippen LogP contribution in [0, 0.1) is 5.82 Å². The number of phenolic OH excluding ortho intramolecular Hbond substituents is 1. The van der Waals surface area contributed by atoms with Gasteiger partial charge in [-0.05, 0) is 72.7 Å². The van der Waals surface area contributed by atoms with Crippen molar-refractivity contribution < 1.29 is 23.8 Å². The molecule has 1 aromatic heterocycles. The van der Waals surface area contributed by atoms with Crippen molar-refractivity contribution in [2.45, 2.75) is 44.3 Å². The molecule has 4 N–H and O–H groups in total. The molecule has 3 aromatic rings. The van der Waals surface area contributed by atoms with E-state index in [4.69, 9.17) is 15.2 Å². The van der Waals surface area contributed by atoms with Gasteiger partial charge in [-0.3, -0.25) is 9.69 Å². The number of phenols is 1. The molecule has 0 bridgehead atoms. The van der Waals surface area contributed by atoms with Crippen molar-refractivity contribution in [1.29, 1.82) is 0 Å². The number of amides is 1. The van der Waals surface area contributed by atoms with Crippen LogP contribution in [0.3, 0.4) is 0 Å². The van der Waals surface area contributed by atoms with Crippen LogP contribution in [0.15, 0.2) is 54.7 Å². The zero-order chi connectivity index (χ0) is 26.5. The van der Waals surface area contributed by atoms with E-state index in [1.807, 2.05) is 24.3 Å². The fraction of sp³-hybridized carbons (Fsp3) is 0.379. The lowest BCUT2D eigenvalue weighted by molar-refractivity contribution is 0.0342. The number of nitrogens with zero attached hydrogens (tertiary/aromatic N) is 2. The SMILES string of the molecule is Cl.Cl.NC1CCC(NC(=O)c2cc(F)cnc2Oc2cccc(-c3ccc(O)cc3CN3CCOCC3)c2)CC1. The Morgan fingerprint density at radius 2 is 1.85 bits per heavy atom. The lowest BCUT2D eigenvalue weighted by Crippen LogP contribution is -2.40. The summed E-state index contributed by atoms with van der Waals surface area (Å²) in [5.41, 5.74) is 8.85. The molecule has 1 saturated carbocycles. The topological polar surface area (TPSA) is 110 Å². The van der Waals surface area contributed by atoms with Gasteiger partial charge < -0.3 is 25.6 Å². The summed E-state index contributed by atoms with van der Waals surface area (Å²) in [6.07, 6.45) is 4.29. The van der Waals surface area contributed by atoms with Gasteiger partial charge in [-0.15, -0.1) is 24.8 Å². The first kappa shape index (κ1) is 31.6. The van der Waals surface area contributed by atoms with Gasteiger partial charge in [0.1, 0.15) is 22.9 Å². The van der Waals surface area contributed by atoms with E-state index in [9.17, 15) is 14.3 Å². The Kier molecular flexibility index (Phi) is 11.5. The Balaban J connectivity index is 0.00000220. The number of halogens is 3. The lowest BCUT2D eigenvalue weighted by atomic mass is 9.91. The number of nitrogens with two attached hydrogens (primary N) is 1. The quantitative estimate of drug-likeness (QED) is 0.351. The minimum atomic E-state index is -0.612. The highest BCUT2D eigenvalue weighted by atomic mass is 35.5. The number of nitrogens with one attached hydrogen (secondary N) is 1. The number of hydrogen-bond donors (Lipinski definition) is 3. The number of carbonyl (C=O) groups excluding carboxylic acids is 1. The number of aromatic nitrogens is 1. The third-order valence-corrected chi connectivity index (χ3v) is 7.12. The maximum atomic E-state index is 14.1. The van der Waals surface area contributed by atoms with Gasteiger partial charge in [-0.2, -0.15) is 0 Å². The van der Waals surface area contributed by atoms with Crippen LogP contribution in [-0.2, 0) is 11.3 Å². The fourth-order valence-electron chi connectivity index (χ4n) is 5.03. The minimum absolute atomic E-state index is 0. The van der Waals surface area contributed by atoms with Gasteiger partial charge in [0.15, 0.2) is 0 Å². The summed E-state index contributed by atoms with van der Waals surface area (Å²) in [4.78, 5) is 19.4. The molecule has 2 fully saturated rings. The van der Waals surface area contributed by atoms with Crippen molar-refractivity contribution >= 4 is 30.7 Å². The van der Waals surface area contributed by atoms with Crippen molar-refractivity contribution in [3.8, 4) is 28.5 Å². The highest BCUT2D eigenvalue weighted by molar-refractivity contribution is 5.96. The lowest BCUT2D eigenvalue weighted by Gasteiger charge is -2.27. The molecule has 216 valence electrons. The molecule has 0 spiro atoms. The summed E-state index contributed by atoms with van der Waals surface area (Å²) in [5.74, 6) is -0.332. The first-order chi connectivity index (χ1) is 18.4. The molecule has 0 unspecified atom stereocenters. The van der Waals surface area contributed by atoms with Crippen LogP contribution in [0.5, 0.6) is 17.4 Å². The van der Waals surface area contributed by atoms with Gasteiger partial charge in [0.25, 0.3) is 5.91 Å². The Labute approximate surface area is 245 Å². The molecule has 0 radical (unpaired) electrons. The predicted octanol–water partition coefficient (Wildman–Crippen LogP) is 5.06. The number of carbonyl (C=O) groups is 1. The Morgan fingerprint density at radius 1 is 1.10 bits per heavy atom. The number of hydrogen-bond acceptors (Lipinski definition) is 7. The average Bonchev–Trinajstić information content (AvgIpc) is 2.92. The van der Waals surface area contributed by atoms with Crippen molar-refractivity contribution in [1.82, 2.24) is 15.2 Å². The third kappa shape index (κ3) is 8.05. The van der Waals surface area contributed by atoms with E-state index in [1.165, 1.54) is 0 Å². The predicted molar refractivity (Wildman–Crippen MR) is 156 cm³/mol.